The maximum Gasteiger partial charge on any atom is 0.490 e. The molecule has 1 aliphatic rings. The lowest BCUT2D eigenvalue weighted by Crippen LogP contribution is -2.41. The van der Waals surface area contributed by atoms with Crippen LogP contribution in [-0.2, 0) is 9.31 Å². The summed E-state index contributed by atoms with van der Waals surface area (Å²) in [6.07, 6.45) is 3.04. The zero-order valence-corrected chi connectivity index (χ0v) is 14.0. The predicted molar refractivity (Wildman–Crippen MR) is 82.3 cm³/mol. The Bertz CT molecular complexity index is 337. The van der Waals surface area contributed by atoms with Crippen LogP contribution in [0.1, 0.15) is 34.1 Å². The predicted octanol–water partition coefficient (Wildman–Crippen LogP) is 4.00. The van der Waals surface area contributed by atoms with Gasteiger partial charge in [0.25, 0.3) is 0 Å². The first-order valence-electron chi connectivity index (χ1n) is 6.66. The van der Waals surface area contributed by atoms with E-state index in [0.717, 1.165) is 11.9 Å². The zero-order chi connectivity index (χ0) is 14.2. The van der Waals surface area contributed by atoms with Crippen molar-refractivity contribution >= 4 is 15.2 Å². The highest BCUT2D eigenvalue weighted by molar-refractivity contribution is 6.80. The Morgan fingerprint density at radius 3 is 1.94 bits per heavy atom. The molecule has 1 fully saturated rings. The van der Waals surface area contributed by atoms with Gasteiger partial charge in [-0.2, -0.15) is 0 Å². The Hall–Kier alpha value is -0.318. The Labute approximate surface area is 114 Å². The van der Waals surface area contributed by atoms with Gasteiger partial charge in [0.15, 0.2) is 0 Å². The molecule has 1 heterocycles. The maximum atomic E-state index is 5.96. The lowest BCUT2D eigenvalue weighted by molar-refractivity contribution is 0.00578. The number of rotatable bonds is 4. The van der Waals surface area contributed by atoms with Gasteiger partial charge < -0.3 is 9.31 Å². The van der Waals surface area contributed by atoms with Gasteiger partial charge >= 0.3 is 7.12 Å². The largest absolute Gasteiger partial charge is 0.490 e. The van der Waals surface area contributed by atoms with Gasteiger partial charge in [-0.25, -0.2) is 0 Å². The van der Waals surface area contributed by atoms with Crippen LogP contribution in [0.5, 0.6) is 0 Å². The third-order valence-electron chi connectivity index (χ3n) is 3.58. The second-order valence-electron chi connectivity index (χ2n) is 7.22. The van der Waals surface area contributed by atoms with Gasteiger partial charge in [-0.15, -0.1) is 6.58 Å². The summed E-state index contributed by atoms with van der Waals surface area (Å²) in [7, 11) is -1.40. The molecule has 0 atom stereocenters. The molecular formula is C14H27BO2Si. The van der Waals surface area contributed by atoms with Gasteiger partial charge in [-0.3, -0.25) is 0 Å². The summed E-state index contributed by atoms with van der Waals surface area (Å²) in [6, 6.07) is 0. The van der Waals surface area contributed by atoms with Crippen molar-refractivity contribution in [3.05, 3.63) is 23.8 Å². The molecule has 0 aromatic carbocycles. The second kappa shape index (κ2) is 4.99. The van der Waals surface area contributed by atoms with Crippen LogP contribution in [0.2, 0.25) is 19.6 Å². The highest BCUT2D eigenvalue weighted by atomic mass is 28.3. The van der Waals surface area contributed by atoms with Gasteiger partial charge in [0.2, 0.25) is 0 Å². The van der Waals surface area contributed by atoms with Crippen LogP contribution in [0.15, 0.2) is 23.8 Å². The molecule has 0 radical (unpaired) electrons. The summed E-state index contributed by atoms with van der Waals surface area (Å²) >= 11 is 0. The van der Waals surface area contributed by atoms with E-state index in [0.29, 0.717) is 0 Å². The van der Waals surface area contributed by atoms with Crippen molar-refractivity contribution in [1.82, 2.24) is 0 Å². The third-order valence-corrected chi connectivity index (χ3v) is 4.82. The maximum absolute atomic E-state index is 5.96. The molecule has 1 saturated heterocycles. The fraction of sp³-hybridized carbons (Fsp3) is 0.714. The summed E-state index contributed by atoms with van der Waals surface area (Å²) in [6.45, 7) is 19.3. The summed E-state index contributed by atoms with van der Waals surface area (Å²) in [5.41, 5.74) is 2.79. The SMILES string of the molecule is C=C(C/C=C/[Si](C)(C)C)B1OC(C)(C)C(C)(C)O1. The van der Waals surface area contributed by atoms with E-state index in [2.05, 4.69) is 65.7 Å². The van der Waals surface area contributed by atoms with E-state index >= 15 is 0 Å². The Morgan fingerprint density at radius 1 is 1.11 bits per heavy atom. The fourth-order valence-electron chi connectivity index (χ4n) is 1.67. The first-order chi connectivity index (χ1) is 7.95. The minimum atomic E-state index is -1.12. The number of allylic oxidation sites excluding steroid dienone is 2. The Kier molecular flexibility index (Phi) is 4.36. The average Bonchev–Trinajstić information content (AvgIpc) is 2.33. The van der Waals surface area contributed by atoms with E-state index in [1.54, 1.807) is 0 Å². The van der Waals surface area contributed by atoms with Crippen LogP contribution in [0.25, 0.3) is 0 Å². The molecule has 0 spiro atoms. The van der Waals surface area contributed by atoms with E-state index in [-0.39, 0.29) is 18.3 Å². The Balaban J connectivity index is 2.59. The van der Waals surface area contributed by atoms with Crippen LogP contribution in [0.4, 0.5) is 0 Å². The molecule has 0 aromatic heterocycles. The van der Waals surface area contributed by atoms with Crippen molar-refractivity contribution in [2.75, 3.05) is 0 Å². The minimum Gasteiger partial charge on any atom is -0.400 e. The van der Waals surface area contributed by atoms with Crippen LogP contribution in [0, 0.1) is 0 Å². The lowest BCUT2D eigenvalue weighted by Gasteiger charge is -2.32. The number of hydrogen-bond acceptors (Lipinski definition) is 2. The van der Waals surface area contributed by atoms with Crippen LogP contribution in [-0.4, -0.2) is 26.4 Å². The van der Waals surface area contributed by atoms with Crippen molar-refractivity contribution < 1.29 is 9.31 Å². The quantitative estimate of drug-likeness (QED) is 0.716. The second-order valence-corrected chi connectivity index (χ2v) is 12.3. The van der Waals surface area contributed by atoms with Crippen molar-refractivity contribution in [2.45, 2.75) is 65.0 Å². The molecule has 1 rings (SSSR count). The molecule has 0 unspecified atom stereocenters. The topological polar surface area (TPSA) is 18.5 Å². The van der Waals surface area contributed by atoms with Crippen molar-refractivity contribution in [2.24, 2.45) is 0 Å². The smallest absolute Gasteiger partial charge is 0.400 e. The lowest BCUT2D eigenvalue weighted by atomic mass is 9.77. The molecule has 18 heavy (non-hydrogen) atoms. The average molecular weight is 266 g/mol. The molecule has 1 aliphatic heterocycles. The minimum absolute atomic E-state index is 0.275. The molecule has 2 nitrogen and oxygen atoms in total. The molecule has 0 aliphatic carbocycles. The van der Waals surface area contributed by atoms with E-state index in [4.69, 9.17) is 9.31 Å². The van der Waals surface area contributed by atoms with E-state index in [1.165, 1.54) is 0 Å². The molecule has 0 saturated carbocycles. The van der Waals surface area contributed by atoms with Gasteiger partial charge in [0.1, 0.15) is 0 Å². The zero-order valence-electron chi connectivity index (χ0n) is 13.0. The van der Waals surface area contributed by atoms with Crippen molar-refractivity contribution in [1.29, 1.82) is 0 Å². The van der Waals surface area contributed by atoms with Gasteiger partial charge in [0, 0.05) is 0 Å². The molecule has 0 aromatic rings. The molecular weight excluding hydrogens is 239 g/mol. The van der Waals surface area contributed by atoms with Crippen LogP contribution in [0.3, 0.4) is 0 Å². The van der Waals surface area contributed by atoms with Crippen molar-refractivity contribution in [3.63, 3.8) is 0 Å². The van der Waals surface area contributed by atoms with Crippen LogP contribution >= 0.6 is 0 Å². The summed E-state index contributed by atoms with van der Waals surface area (Å²) < 4.78 is 11.9. The fourth-order valence-corrected chi connectivity index (χ4v) is 2.49. The monoisotopic (exact) mass is 266 g/mol. The summed E-state index contributed by atoms with van der Waals surface area (Å²) in [5, 5.41) is 0. The Morgan fingerprint density at radius 2 is 1.56 bits per heavy atom. The third kappa shape index (κ3) is 3.84. The first-order valence-corrected chi connectivity index (χ1v) is 10.2. The number of hydrogen-bond donors (Lipinski definition) is 0. The molecule has 0 amide bonds. The first kappa shape index (κ1) is 15.7. The van der Waals surface area contributed by atoms with Gasteiger partial charge in [-0.05, 0) is 39.6 Å². The highest BCUT2D eigenvalue weighted by Gasteiger charge is 2.51. The van der Waals surface area contributed by atoms with Gasteiger partial charge in [-0.1, -0.05) is 31.4 Å². The standard InChI is InChI=1S/C14H27BO2Si/c1-12(10-9-11-18(6,7)8)15-16-13(2,3)14(4,5)17-15/h9,11H,1,10H2,2-8H3/b11-9+. The van der Waals surface area contributed by atoms with E-state index in [9.17, 15) is 0 Å². The molecule has 0 bridgehead atoms. The van der Waals surface area contributed by atoms with E-state index < -0.39 is 8.07 Å². The van der Waals surface area contributed by atoms with E-state index in [1.807, 2.05) is 0 Å². The van der Waals surface area contributed by atoms with Crippen molar-refractivity contribution in [3.8, 4) is 0 Å². The summed E-state index contributed by atoms with van der Waals surface area (Å²) in [4.78, 5) is 0. The van der Waals surface area contributed by atoms with Crippen LogP contribution < -0.4 is 0 Å². The normalized spacial score (nSPS) is 22.7. The molecule has 102 valence electrons. The highest BCUT2D eigenvalue weighted by Crippen LogP contribution is 2.38. The molecule has 4 heteroatoms. The summed E-state index contributed by atoms with van der Waals surface area (Å²) in [5.74, 6) is 0. The van der Waals surface area contributed by atoms with Gasteiger partial charge in [0.05, 0.1) is 19.3 Å². The molecule has 0 N–H and O–H groups in total.